The van der Waals surface area contributed by atoms with Crippen molar-refractivity contribution in [1.82, 2.24) is 5.01 Å². The SMILES string of the molecule is COc1cc2c(cc1Cl)NC1=C(S2)C(=O)N(N)C(C)(C)C1. The van der Waals surface area contributed by atoms with E-state index < -0.39 is 5.54 Å². The van der Waals surface area contributed by atoms with Gasteiger partial charge in [0.15, 0.2) is 0 Å². The molecule has 3 N–H and O–H groups in total. The van der Waals surface area contributed by atoms with Crippen LogP contribution in [0.3, 0.4) is 0 Å². The zero-order valence-corrected chi connectivity index (χ0v) is 13.6. The molecule has 0 atom stereocenters. The monoisotopic (exact) mass is 325 g/mol. The molecular weight excluding hydrogens is 310 g/mol. The van der Waals surface area contributed by atoms with Crippen molar-refractivity contribution < 1.29 is 9.53 Å². The number of carbonyl (C=O) groups is 1. The minimum absolute atomic E-state index is 0.168. The van der Waals surface area contributed by atoms with Gasteiger partial charge >= 0.3 is 0 Å². The summed E-state index contributed by atoms with van der Waals surface area (Å²) in [6.45, 7) is 3.88. The van der Waals surface area contributed by atoms with Crippen LogP contribution in [0.5, 0.6) is 5.75 Å². The second kappa shape index (κ2) is 4.83. The molecule has 1 amide bonds. The summed E-state index contributed by atoms with van der Waals surface area (Å²) >= 11 is 7.56. The lowest BCUT2D eigenvalue weighted by atomic mass is 9.93. The first-order valence-electron chi connectivity index (χ1n) is 6.48. The predicted octanol–water partition coefficient (Wildman–Crippen LogP) is 2.96. The van der Waals surface area contributed by atoms with Crippen LogP contribution in [-0.2, 0) is 4.79 Å². The lowest BCUT2D eigenvalue weighted by molar-refractivity contribution is -0.133. The molecule has 21 heavy (non-hydrogen) atoms. The number of carbonyl (C=O) groups excluding carboxylic acids is 1. The van der Waals surface area contributed by atoms with Gasteiger partial charge in [0.2, 0.25) is 0 Å². The molecule has 0 radical (unpaired) electrons. The Labute approximate surface area is 132 Å². The molecule has 1 aromatic rings. The van der Waals surface area contributed by atoms with Crippen LogP contribution in [0.1, 0.15) is 20.3 Å². The fourth-order valence-electron chi connectivity index (χ4n) is 2.46. The number of ether oxygens (including phenoxy) is 1. The van der Waals surface area contributed by atoms with Crippen molar-refractivity contribution in [2.45, 2.75) is 30.7 Å². The number of hydrogen-bond donors (Lipinski definition) is 2. The lowest BCUT2D eigenvalue weighted by Crippen LogP contribution is -2.56. The molecule has 1 aromatic carbocycles. The zero-order valence-electron chi connectivity index (χ0n) is 12.0. The van der Waals surface area contributed by atoms with Gasteiger partial charge in [-0.1, -0.05) is 23.4 Å². The smallest absolute Gasteiger partial charge is 0.276 e. The summed E-state index contributed by atoms with van der Waals surface area (Å²) in [4.78, 5) is 14.0. The van der Waals surface area contributed by atoms with E-state index in [-0.39, 0.29) is 5.91 Å². The van der Waals surface area contributed by atoms with Gasteiger partial charge in [-0.25, -0.2) is 5.84 Å². The summed E-state index contributed by atoms with van der Waals surface area (Å²) in [5.74, 6) is 6.34. The third-order valence-corrected chi connectivity index (χ3v) is 5.18. The molecule has 5 nitrogen and oxygen atoms in total. The van der Waals surface area contributed by atoms with Crippen LogP contribution in [-0.4, -0.2) is 23.6 Å². The summed E-state index contributed by atoms with van der Waals surface area (Å²) in [6.07, 6.45) is 0.667. The van der Waals surface area contributed by atoms with E-state index in [0.717, 1.165) is 16.3 Å². The van der Waals surface area contributed by atoms with Crippen LogP contribution >= 0.6 is 23.4 Å². The van der Waals surface area contributed by atoms with Gasteiger partial charge in [0, 0.05) is 17.0 Å². The Morgan fingerprint density at radius 3 is 2.86 bits per heavy atom. The molecule has 2 aliphatic rings. The largest absolute Gasteiger partial charge is 0.495 e. The molecule has 112 valence electrons. The number of hydrazine groups is 1. The molecule has 0 fully saturated rings. The maximum Gasteiger partial charge on any atom is 0.276 e. The fraction of sp³-hybridized carbons (Fsp3) is 0.357. The van der Waals surface area contributed by atoms with Crippen LogP contribution in [0.25, 0.3) is 0 Å². The maximum absolute atomic E-state index is 12.4. The van der Waals surface area contributed by atoms with Gasteiger partial charge in [0.25, 0.3) is 5.91 Å². The Hall–Kier alpha value is -1.37. The normalized spacial score (nSPS) is 19.9. The fourth-order valence-corrected chi connectivity index (χ4v) is 3.74. The first-order chi connectivity index (χ1) is 9.83. The van der Waals surface area contributed by atoms with E-state index in [2.05, 4.69) is 5.32 Å². The molecule has 0 saturated carbocycles. The number of amides is 1. The Morgan fingerprint density at radius 2 is 2.19 bits per heavy atom. The van der Waals surface area contributed by atoms with E-state index >= 15 is 0 Å². The average Bonchev–Trinajstić information content (AvgIpc) is 2.42. The van der Waals surface area contributed by atoms with Crippen LogP contribution in [0, 0.1) is 0 Å². The third kappa shape index (κ3) is 2.27. The Bertz CT molecular complexity index is 672. The van der Waals surface area contributed by atoms with Gasteiger partial charge in [-0.2, -0.15) is 0 Å². The highest BCUT2D eigenvalue weighted by Crippen LogP contribution is 2.48. The number of nitrogens with two attached hydrogens (primary N) is 1. The average molecular weight is 326 g/mol. The molecule has 7 heteroatoms. The van der Waals surface area contributed by atoms with Crippen molar-refractivity contribution >= 4 is 35.0 Å². The number of benzene rings is 1. The molecule has 0 bridgehead atoms. The highest BCUT2D eigenvalue weighted by molar-refractivity contribution is 8.04. The lowest BCUT2D eigenvalue weighted by Gasteiger charge is -2.42. The quantitative estimate of drug-likeness (QED) is 0.614. The molecule has 2 heterocycles. The van der Waals surface area contributed by atoms with Crippen molar-refractivity contribution in [3.63, 3.8) is 0 Å². The standard InChI is InChI=1S/C14H16ClN3O2S/c1-14(2)6-9-12(13(19)18(14)16)21-11-5-10(20-3)7(15)4-8(11)17-9/h4-5,17H,6,16H2,1-3H3. The molecule has 0 unspecified atom stereocenters. The first kappa shape index (κ1) is 14.6. The zero-order chi connectivity index (χ0) is 15.4. The van der Waals surface area contributed by atoms with E-state index in [9.17, 15) is 4.79 Å². The summed E-state index contributed by atoms with van der Waals surface area (Å²) in [5.41, 5.74) is 1.36. The highest BCUT2D eigenvalue weighted by atomic mass is 35.5. The number of nitrogens with zero attached hydrogens (tertiary/aromatic N) is 1. The first-order valence-corrected chi connectivity index (χ1v) is 7.68. The third-order valence-electron chi connectivity index (χ3n) is 3.70. The molecular formula is C14H16ClN3O2S. The topological polar surface area (TPSA) is 67.6 Å². The minimum atomic E-state index is -0.419. The van der Waals surface area contributed by atoms with Gasteiger partial charge in [-0.3, -0.25) is 9.80 Å². The second-order valence-corrected chi connectivity index (χ2v) is 7.14. The summed E-state index contributed by atoms with van der Waals surface area (Å²) < 4.78 is 5.22. The van der Waals surface area contributed by atoms with Gasteiger partial charge in [-0.05, 0) is 26.0 Å². The Balaban J connectivity index is 2.03. The van der Waals surface area contributed by atoms with Crippen molar-refractivity contribution in [2.75, 3.05) is 12.4 Å². The van der Waals surface area contributed by atoms with Crippen LogP contribution < -0.4 is 15.9 Å². The van der Waals surface area contributed by atoms with E-state index in [4.69, 9.17) is 22.2 Å². The van der Waals surface area contributed by atoms with Gasteiger partial charge in [0.05, 0.1) is 28.3 Å². The second-order valence-electron chi connectivity index (χ2n) is 5.68. The van der Waals surface area contributed by atoms with E-state index in [1.165, 1.54) is 16.8 Å². The Morgan fingerprint density at radius 1 is 1.48 bits per heavy atom. The molecule has 0 saturated heterocycles. The Kier molecular flexibility index (Phi) is 3.35. The van der Waals surface area contributed by atoms with Crippen molar-refractivity contribution in [3.05, 3.63) is 27.8 Å². The van der Waals surface area contributed by atoms with Crippen LogP contribution in [0.4, 0.5) is 5.69 Å². The molecule has 0 aromatic heterocycles. The summed E-state index contributed by atoms with van der Waals surface area (Å²) in [5, 5.41) is 5.15. The maximum atomic E-state index is 12.4. The molecule has 0 spiro atoms. The molecule has 3 rings (SSSR count). The van der Waals surface area contributed by atoms with Crippen LogP contribution in [0.15, 0.2) is 27.6 Å². The summed E-state index contributed by atoms with van der Waals surface area (Å²) in [6, 6.07) is 3.64. The number of thioether (sulfide) groups is 1. The number of anilines is 1. The summed E-state index contributed by atoms with van der Waals surface area (Å²) in [7, 11) is 1.56. The van der Waals surface area contributed by atoms with E-state index in [0.29, 0.717) is 22.1 Å². The van der Waals surface area contributed by atoms with Gasteiger partial charge < -0.3 is 10.1 Å². The molecule has 2 aliphatic heterocycles. The highest BCUT2D eigenvalue weighted by Gasteiger charge is 2.40. The number of hydrogen-bond acceptors (Lipinski definition) is 5. The van der Waals surface area contributed by atoms with Gasteiger partial charge in [-0.15, -0.1) is 0 Å². The van der Waals surface area contributed by atoms with E-state index in [1.54, 1.807) is 7.11 Å². The number of nitrogens with one attached hydrogen (secondary N) is 1. The van der Waals surface area contributed by atoms with Gasteiger partial charge in [0.1, 0.15) is 5.75 Å². The van der Waals surface area contributed by atoms with E-state index in [1.807, 2.05) is 26.0 Å². The van der Waals surface area contributed by atoms with Crippen molar-refractivity contribution in [3.8, 4) is 5.75 Å². The predicted molar refractivity (Wildman–Crippen MR) is 84.2 cm³/mol. The number of rotatable bonds is 1. The van der Waals surface area contributed by atoms with Crippen molar-refractivity contribution in [2.24, 2.45) is 5.84 Å². The number of halogens is 1. The molecule has 0 aliphatic carbocycles. The number of fused-ring (bicyclic) bond motifs is 1. The van der Waals surface area contributed by atoms with Crippen LogP contribution in [0.2, 0.25) is 5.02 Å². The number of methoxy groups -OCH3 is 1. The van der Waals surface area contributed by atoms with Crippen molar-refractivity contribution in [1.29, 1.82) is 0 Å². The minimum Gasteiger partial charge on any atom is -0.495 e.